The van der Waals surface area contributed by atoms with Crippen LogP contribution in [0.15, 0.2) is 53.4 Å². The summed E-state index contributed by atoms with van der Waals surface area (Å²) in [5.74, 6) is -0.153. The minimum absolute atomic E-state index is 0.00803. The Morgan fingerprint density at radius 3 is 2.50 bits per heavy atom. The molecule has 0 bridgehead atoms. The molecule has 2 aromatic rings. The molecule has 0 saturated carbocycles. The van der Waals surface area contributed by atoms with Crippen LogP contribution in [-0.2, 0) is 20.0 Å². The van der Waals surface area contributed by atoms with E-state index in [0.717, 1.165) is 38.3 Å². The van der Waals surface area contributed by atoms with Gasteiger partial charge in [0, 0.05) is 37.1 Å². The molecule has 11 heteroatoms. The summed E-state index contributed by atoms with van der Waals surface area (Å²) in [6.07, 6.45) is 0.937. The zero-order valence-corrected chi connectivity index (χ0v) is 19.0. The van der Waals surface area contributed by atoms with Crippen molar-refractivity contribution in [2.24, 2.45) is 0 Å². The van der Waals surface area contributed by atoms with Gasteiger partial charge in [0.15, 0.2) is 0 Å². The lowest BCUT2D eigenvalue weighted by molar-refractivity contribution is 0.597. The fourth-order valence-electron chi connectivity index (χ4n) is 3.11. The van der Waals surface area contributed by atoms with Crippen LogP contribution in [0, 0.1) is 0 Å². The Morgan fingerprint density at radius 2 is 1.80 bits per heavy atom. The fraction of sp³-hybridized carbons (Fsp3) is 0.368. The van der Waals surface area contributed by atoms with Crippen molar-refractivity contribution in [3.63, 3.8) is 0 Å². The molecule has 0 spiro atoms. The highest BCUT2D eigenvalue weighted by molar-refractivity contribution is 7.94. The highest BCUT2D eigenvalue weighted by Crippen LogP contribution is 2.36. The maximum Gasteiger partial charge on any atom is 0.278 e. The number of hydrogen-bond acceptors (Lipinski definition) is 6. The van der Waals surface area contributed by atoms with Crippen LogP contribution in [0.5, 0.6) is 0 Å². The Bertz CT molecular complexity index is 1070. The molecule has 1 aliphatic heterocycles. The summed E-state index contributed by atoms with van der Waals surface area (Å²) in [6, 6.07) is 12.7. The van der Waals surface area contributed by atoms with Crippen molar-refractivity contribution in [3.8, 4) is 0 Å². The van der Waals surface area contributed by atoms with Crippen molar-refractivity contribution in [2.75, 3.05) is 45.4 Å². The van der Waals surface area contributed by atoms with Gasteiger partial charge in [0.25, 0.3) is 10.0 Å². The second-order valence-electron chi connectivity index (χ2n) is 6.83. The lowest BCUT2D eigenvalue weighted by atomic mass is 10.2. The summed E-state index contributed by atoms with van der Waals surface area (Å²) in [6.45, 7) is 4.74. The Labute approximate surface area is 183 Å². The second kappa shape index (κ2) is 9.42. The Kier molecular flexibility index (Phi) is 7.12. The van der Waals surface area contributed by atoms with E-state index in [1.165, 1.54) is 19.1 Å². The molecule has 0 radical (unpaired) electrons. The zero-order chi connectivity index (χ0) is 21.8. The third kappa shape index (κ3) is 5.18. The van der Waals surface area contributed by atoms with Crippen LogP contribution in [0.25, 0.3) is 0 Å². The third-order valence-electron chi connectivity index (χ3n) is 4.77. The largest absolute Gasteiger partial charge is 0.370 e. The van der Waals surface area contributed by atoms with Crippen molar-refractivity contribution in [3.05, 3.63) is 48.5 Å². The molecule has 8 nitrogen and oxygen atoms in total. The Balaban J connectivity index is 2.06. The number of halogens is 1. The van der Waals surface area contributed by atoms with Crippen molar-refractivity contribution >= 4 is 48.9 Å². The SMILES string of the molecule is CCS(=O)(=O)Nc1ccc(N2CCCNCC2)cc1N(Cl)S(=O)(=O)c1ccccc1. The molecule has 1 aliphatic rings. The van der Waals surface area contributed by atoms with Gasteiger partial charge in [-0.05, 0) is 50.2 Å². The normalized spacial score (nSPS) is 15.5. The quantitative estimate of drug-likeness (QED) is 0.601. The third-order valence-corrected chi connectivity index (χ3v) is 8.28. The maximum atomic E-state index is 13.1. The first-order valence-electron chi connectivity index (χ1n) is 9.61. The average molecular weight is 473 g/mol. The molecule has 30 heavy (non-hydrogen) atoms. The van der Waals surface area contributed by atoms with E-state index in [4.69, 9.17) is 11.8 Å². The maximum absolute atomic E-state index is 13.1. The molecule has 1 fully saturated rings. The molecular weight excluding hydrogens is 448 g/mol. The monoisotopic (exact) mass is 472 g/mol. The average Bonchev–Trinajstić information content (AvgIpc) is 3.03. The van der Waals surface area contributed by atoms with Crippen LogP contribution in [0.2, 0.25) is 0 Å². The van der Waals surface area contributed by atoms with E-state index in [-0.39, 0.29) is 22.0 Å². The molecular formula is C19H25ClN4O4S2. The van der Waals surface area contributed by atoms with Crippen molar-refractivity contribution in [1.29, 1.82) is 0 Å². The number of hydrogen-bond donors (Lipinski definition) is 2. The summed E-state index contributed by atoms with van der Waals surface area (Å²) in [4.78, 5) is 2.12. The topological polar surface area (TPSA) is 98.8 Å². The predicted molar refractivity (Wildman–Crippen MR) is 121 cm³/mol. The van der Waals surface area contributed by atoms with E-state index in [1.54, 1.807) is 36.4 Å². The number of sulfonamides is 2. The van der Waals surface area contributed by atoms with E-state index in [1.807, 2.05) is 0 Å². The molecule has 0 unspecified atom stereocenters. The summed E-state index contributed by atoms with van der Waals surface area (Å²) in [7, 11) is -7.73. The van der Waals surface area contributed by atoms with Gasteiger partial charge in [0.2, 0.25) is 10.0 Å². The summed E-state index contributed by atoms with van der Waals surface area (Å²) < 4.78 is 53.5. The van der Waals surface area contributed by atoms with Crippen molar-refractivity contribution in [1.82, 2.24) is 5.32 Å². The van der Waals surface area contributed by atoms with Crippen molar-refractivity contribution in [2.45, 2.75) is 18.2 Å². The first kappa shape index (κ1) is 22.7. The number of benzene rings is 2. The first-order valence-corrected chi connectivity index (χ1v) is 13.0. The summed E-state index contributed by atoms with van der Waals surface area (Å²) in [5, 5.41) is 3.31. The molecule has 3 rings (SSSR count). The number of anilines is 3. The molecule has 1 heterocycles. The molecule has 164 valence electrons. The minimum Gasteiger partial charge on any atom is -0.370 e. The highest BCUT2D eigenvalue weighted by Gasteiger charge is 2.27. The molecule has 0 aromatic heterocycles. The minimum atomic E-state index is -4.10. The Hall–Kier alpha value is -2.01. The fourth-order valence-corrected chi connectivity index (χ4v) is 5.23. The van der Waals surface area contributed by atoms with Crippen LogP contribution in [-0.4, -0.2) is 48.8 Å². The van der Waals surface area contributed by atoms with E-state index in [2.05, 4.69) is 14.9 Å². The summed E-state index contributed by atoms with van der Waals surface area (Å²) in [5.41, 5.74) is 0.914. The van der Waals surface area contributed by atoms with Crippen molar-refractivity contribution < 1.29 is 16.8 Å². The van der Waals surface area contributed by atoms with Gasteiger partial charge in [-0.25, -0.2) is 8.42 Å². The van der Waals surface area contributed by atoms with Gasteiger partial charge in [-0.15, -0.1) is 0 Å². The van der Waals surface area contributed by atoms with E-state index >= 15 is 0 Å². The van der Waals surface area contributed by atoms with Crippen LogP contribution >= 0.6 is 11.8 Å². The summed E-state index contributed by atoms with van der Waals surface area (Å²) >= 11 is 6.33. The first-order chi connectivity index (χ1) is 14.2. The van der Waals surface area contributed by atoms with E-state index < -0.39 is 20.0 Å². The van der Waals surface area contributed by atoms with Crippen LogP contribution in [0.3, 0.4) is 0 Å². The van der Waals surface area contributed by atoms with E-state index in [9.17, 15) is 16.8 Å². The van der Waals surface area contributed by atoms with Gasteiger partial charge in [-0.2, -0.15) is 12.2 Å². The lowest BCUT2D eigenvalue weighted by Crippen LogP contribution is -2.28. The lowest BCUT2D eigenvalue weighted by Gasteiger charge is -2.26. The van der Waals surface area contributed by atoms with Gasteiger partial charge >= 0.3 is 0 Å². The van der Waals surface area contributed by atoms with E-state index in [0.29, 0.717) is 3.82 Å². The molecule has 1 saturated heterocycles. The molecule has 2 aromatic carbocycles. The second-order valence-corrected chi connectivity index (χ2v) is 11.2. The molecule has 0 amide bonds. The van der Waals surface area contributed by atoms with Crippen LogP contribution < -0.4 is 18.8 Å². The van der Waals surface area contributed by atoms with Gasteiger partial charge in [-0.1, -0.05) is 18.2 Å². The Morgan fingerprint density at radius 1 is 1.07 bits per heavy atom. The van der Waals surface area contributed by atoms with Crippen LogP contribution in [0.4, 0.5) is 17.1 Å². The smallest absolute Gasteiger partial charge is 0.278 e. The van der Waals surface area contributed by atoms with Gasteiger partial charge in [0.05, 0.1) is 22.0 Å². The standard InChI is InChI=1S/C19H25ClN4O4S2/c1-2-29(25,26)22-18-10-9-16(23-13-6-11-21-12-14-23)15-19(18)24(20)30(27,28)17-7-4-3-5-8-17/h3-5,7-10,15,21-22H,2,6,11-14H2,1H3. The highest BCUT2D eigenvalue weighted by atomic mass is 35.5. The number of nitrogens with zero attached hydrogens (tertiary/aromatic N) is 2. The molecule has 0 aliphatic carbocycles. The zero-order valence-electron chi connectivity index (χ0n) is 16.6. The number of rotatable bonds is 7. The van der Waals surface area contributed by atoms with Gasteiger partial charge in [-0.3, -0.25) is 4.72 Å². The molecule has 0 atom stereocenters. The number of nitrogens with one attached hydrogen (secondary N) is 2. The van der Waals surface area contributed by atoms with Gasteiger partial charge in [0.1, 0.15) is 0 Å². The van der Waals surface area contributed by atoms with Crippen LogP contribution in [0.1, 0.15) is 13.3 Å². The predicted octanol–water partition coefficient (Wildman–Crippen LogP) is 2.60. The van der Waals surface area contributed by atoms with Gasteiger partial charge < -0.3 is 10.2 Å². The molecule has 2 N–H and O–H groups in total.